The summed E-state index contributed by atoms with van der Waals surface area (Å²) in [5.41, 5.74) is 0. The van der Waals surface area contributed by atoms with E-state index < -0.39 is 10.8 Å². The molecule has 0 spiro atoms. The molecule has 2 saturated heterocycles. The van der Waals surface area contributed by atoms with Crippen LogP contribution in [-0.2, 0) is 25.1 Å². The molecular formula is C11H18O4S. The Hall–Kier alpha value is -0.260. The van der Waals surface area contributed by atoms with Gasteiger partial charge in [0, 0.05) is 29.9 Å². The summed E-state index contributed by atoms with van der Waals surface area (Å²) < 4.78 is 22.3. The third kappa shape index (κ3) is 3.37. The Bertz CT molecular complexity index is 267. The van der Waals surface area contributed by atoms with Crippen molar-refractivity contribution in [1.29, 1.82) is 0 Å². The third-order valence-electron chi connectivity index (χ3n) is 3.08. The average Bonchev–Trinajstić information content (AvgIpc) is 2.88. The number of ketones is 1. The molecule has 0 N–H and O–H groups in total. The zero-order valence-electron chi connectivity index (χ0n) is 9.35. The SMILES string of the molecule is O=C(CS(=O)CC1CCCO1)C1CCOC1. The zero-order valence-corrected chi connectivity index (χ0v) is 10.2. The minimum atomic E-state index is -1.07. The first-order chi connectivity index (χ1) is 7.75. The predicted molar refractivity (Wildman–Crippen MR) is 60.8 cm³/mol. The fourth-order valence-electron chi connectivity index (χ4n) is 2.11. The second-order valence-corrected chi connectivity index (χ2v) is 5.91. The standard InChI is InChI=1S/C11H18O4S/c12-11(9-3-5-14-6-9)8-16(13)7-10-2-1-4-15-10/h9-10H,1-8H2. The predicted octanol–water partition coefficient (Wildman–Crippen LogP) is 0.520. The highest BCUT2D eigenvalue weighted by Crippen LogP contribution is 2.16. The molecule has 2 rings (SSSR count). The van der Waals surface area contributed by atoms with Crippen molar-refractivity contribution in [1.82, 2.24) is 0 Å². The summed E-state index contributed by atoms with van der Waals surface area (Å²) in [5.74, 6) is 0.759. The minimum Gasteiger partial charge on any atom is -0.381 e. The minimum absolute atomic E-state index is 0.0200. The van der Waals surface area contributed by atoms with Gasteiger partial charge in [0.25, 0.3) is 0 Å². The van der Waals surface area contributed by atoms with Crippen molar-refractivity contribution < 1.29 is 18.5 Å². The molecule has 0 aromatic carbocycles. The van der Waals surface area contributed by atoms with Gasteiger partial charge in [0.05, 0.1) is 24.2 Å². The fraction of sp³-hybridized carbons (Fsp3) is 0.909. The van der Waals surface area contributed by atoms with Crippen LogP contribution in [0.25, 0.3) is 0 Å². The van der Waals surface area contributed by atoms with Crippen LogP contribution in [0, 0.1) is 5.92 Å². The van der Waals surface area contributed by atoms with Crippen LogP contribution in [0.1, 0.15) is 19.3 Å². The Balaban J connectivity index is 1.71. The molecule has 2 aliphatic heterocycles. The van der Waals surface area contributed by atoms with Crippen molar-refractivity contribution in [2.45, 2.75) is 25.4 Å². The van der Waals surface area contributed by atoms with Crippen LogP contribution in [0.15, 0.2) is 0 Å². The number of ether oxygens (including phenoxy) is 2. The van der Waals surface area contributed by atoms with Gasteiger partial charge in [-0.05, 0) is 19.3 Å². The summed E-state index contributed by atoms with van der Waals surface area (Å²) in [6.45, 7) is 1.94. The van der Waals surface area contributed by atoms with Crippen LogP contribution in [0.3, 0.4) is 0 Å². The van der Waals surface area contributed by atoms with E-state index in [1.807, 2.05) is 0 Å². The molecule has 0 bridgehead atoms. The van der Waals surface area contributed by atoms with Crippen LogP contribution in [0.4, 0.5) is 0 Å². The van der Waals surface area contributed by atoms with Crippen molar-refractivity contribution in [2.24, 2.45) is 5.92 Å². The molecular weight excluding hydrogens is 228 g/mol. The number of carbonyl (C=O) groups excluding carboxylic acids is 1. The van der Waals surface area contributed by atoms with E-state index in [0.29, 0.717) is 19.0 Å². The Morgan fingerprint density at radius 3 is 2.81 bits per heavy atom. The summed E-state index contributed by atoms with van der Waals surface area (Å²) in [4.78, 5) is 11.7. The summed E-state index contributed by atoms with van der Waals surface area (Å²) in [6, 6.07) is 0. The van der Waals surface area contributed by atoms with Gasteiger partial charge in [0.1, 0.15) is 0 Å². The normalized spacial score (nSPS) is 31.8. The molecule has 3 unspecified atom stereocenters. The first-order valence-electron chi connectivity index (χ1n) is 5.83. The lowest BCUT2D eigenvalue weighted by molar-refractivity contribution is -0.120. The molecule has 4 nitrogen and oxygen atoms in total. The summed E-state index contributed by atoms with van der Waals surface area (Å²) in [7, 11) is -1.07. The molecule has 16 heavy (non-hydrogen) atoms. The van der Waals surface area contributed by atoms with Gasteiger partial charge >= 0.3 is 0 Å². The maximum absolute atomic E-state index is 11.7. The van der Waals surface area contributed by atoms with E-state index in [1.54, 1.807) is 0 Å². The number of rotatable bonds is 5. The van der Waals surface area contributed by atoms with E-state index in [9.17, 15) is 9.00 Å². The molecule has 5 heteroatoms. The number of carbonyl (C=O) groups is 1. The Kier molecular flexibility index (Phi) is 4.49. The molecule has 3 atom stereocenters. The van der Waals surface area contributed by atoms with Crippen LogP contribution >= 0.6 is 0 Å². The van der Waals surface area contributed by atoms with Crippen LogP contribution < -0.4 is 0 Å². The van der Waals surface area contributed by atoms with Crippen molar-refractivity contribution in [3.63, 3.8) is 0 Å². The Labute approximate surface area is 98.1 Å². The lowest BCUT2D eigenvalue weighted by Gasteiger charge is -2.10. The smallest absolute Gasteiger partial charge is 0.150 e. The number of hydrogen-bond acceptors (Lipinski definition) is 4. The molecule has 2 heterocycles. The molecule has 0 amide bonds. The van der Waals surface area contributed by atoms with E-state index in [-0.39, 0.29) is 23.6 Å². The van der Waals surface area contributed by atoms with Crippen LogP contribution in [-0.4, -0.2) is 47.4 Å². The van der Waals surface area contributed by atoms with E-state index >= 15 is 0 Å². The van der Waals surface area contributed by atoms with Gasteiger partial charge in [0.15, 0.2) is 5.78 Å². The molecule has 0 aliphatic carbocycles. The quantitative estimate of drug-likeness (QED) is 0.709. The van der Waals surface area contributed by atoms with Gasteiger partial charge in [0.2, 0.25) is 0 Å². The zero-order chi connectivity index (χ0) is 11.4. The number of Topliss-reactive ketones (excluding diaryl/α,β-unsaturated/α-hetero) is 1. The second kappa shape index (κ2) is 5.89. The van der Waals surface area contributed by atoms with Crippen molar-refractivity contribution in [2.75, 3.05) is 31.3 Å². The van der Waals surface area contributed by atoms with Crippen LogP contribution in [0.2, 0.25) is 0 Å². The first-order valence-corrected chi connectivity index (χ1v) is 7.31. The molecule has 0 aromatic rings. The first kappa shape index (κ1) is 12.2. The molecule has 0 radical (unpaired) electrons. The molecule has 0 aromatic heterocycles. The van der Waals surface area contributed by atoms with Gasteiger partial charge < -0.3 is 9.47 Å². The lowest BCUT2D eigenvalue weighted by Crippen LogP contribution is -2.25. The van der Waals surface area contributed by atoms with Crippen molar-refractivity contribution >= 4 is 16.6 Å². The van der Waals surface area contributed by atoms with Crippen molar-refractivity contribution in [3.05, 3.63) is 0 Å². The van der Waals surface area contributed by atoms with E-state index in [0.717, 1.165) is 25.9 Å². The maximum Gasteiger partial charge on any atom is 0.150 e. The average molecular weight is 246 g/mol. The largest absolute Gasteiger partial charge is 0.381 e. The second-order valence-electron chi connectivity index (χ2n) is 4.41. The Morgan fingerprint density at radius 2 is 2.19 bits per heavy atom. The lowest BCUT2D eigenvalue weighted by atomic mass is 10.1. The molecule has 92 valence electrons. The van der Waals surface area contributed by atoms with Crippen LogP contribution in [0.5, 0.6) is 0 Å². The summed E-state index contributed by atoms with van der Waals surface area (Å²) >= 11 is 0. The van der Waals surface area contributed by atoms with Crippen molar-refractivity contribution in [3.8, 4) is 0 Å². The molecule has 2 fully saturated rings. The molecule has 2 aliphatic rings. The van der Waals surface area contributed by atoms with Gasteiger partial charge in [-0.3, -0.25) is 9.00 Å². The van der Waals surface area contributed by atoms with E-state index in [1.165, 1.54) is 0 Å². The highest BCUT2D eigenvalue weighted by molar-refractivity contribution is 7.85. The monoisotopic (exact) mass is 246 g/mol. The summed E-state index contributed by atoms with van der Waals surface area (Å²) in [6.07, 6.45) is 2.92. The maximum atomic E-state index is 11.7. The van der Waals surface area contributed by atoms with Gasteiger partial charge in [-0.25, -0.2) is 0 Å². The fourth-order valence-corrected chi connectivity index (χ4v) is 3.46. The number of hydrogen-bond donors (Lipinski definition) is 0. The highest BCUT2D eigenvalue weighted by atomic mass is 32.2. The van der Waals surface area contributed by atoms with Gasteiger partial charge in [-0.1, -0.05) is 0 Å². The van der Waals surface area contributed by atoms with E-state index in [4.69, 9.17) is 9.47 Å². The Morgan fingerprint density at radius 1 is 1.31 bits per heavy atom. The van der Waals surface area contributed by atoms with E-state index in [2.05, 4.69) is 0 Å². The summed E-state index contributed by atoms with van der Waals surface area (Å²) in [5, 5.41) is 0. The van der Waals surface area contributed by atoms with Gasteiger partial charge in [-0.2, -0.15) is 0 Å². The highest BCUT2D eigenvalue weighted by Gasteiger charge is 2.26. The topological polar surface area (TPSA) is 52.6 Å². The molecule has 0 saturated carbocycles. The van der Waals surface area contributed by atoms with Gasteiger partial charge in [-0.15, -0.1) is 0 Å². The third-order valence-corrected chi connectivity index (χ3v) is 4.43.